The van der Waals surface area contributed by atoms with Crippen LogP contribution in [0.1, 0.15) is 43.0 Å². The molecular weight excluding hydrogens is 303 g/mol. The van der Waals surface area contributed by atoms with Gasteiger partial charge in [-0.15, -0.1) is 0 Å². The lowest BCUT2D eigenvalue weighted by Crippen LogP contribution is -2.37. The predicted molar refractivity (Wildman–Crippen MR) is 92.9 cm³/mol. The van der Waals surface area contributed by atoms with Crippen LogP contribution < -0.4 is 5.32 Å². The largest absolute Gasteiger partial charge is 0.341 e. The van der Waals surface area contributed by atoms with Crippen LogP contribution >= 0.6 is 0 Å². The van der Waals surface area contributed by atoms with Gasteiger partial charge in [0.2, 0.25) is 5.91 Å². The van der Waals surface area contributed by atoms with Crippen molar-refractivity contribution < 1.29 is 9.18 Å². The molecule has 3 nitrogen and oxygen atoms in total. The summed E-state index contributed by atoms with van der Waals surface area (Å²) in [6, 6.07) is 16.9. The second-order valence-electron chi connectivity index (χ2n) is 6.35. The topological polar surface area (TPSA) is 32.3 Å². The number of carbonyl (C=O) groups excluding carboxylic acids is 1. The summed E-state index contributed by atoms with van der Waals surface area (Å²) in [6.07, 6.45) is 1.59. The Kier molecular flexibility index (Phi) is 5.26. The van der Waals surface area contributed by atoms with Crippen LogP contribution in [-0.4, -0.2) is 23.9 Å². The summed E-state index contributed by atoms with van der Waals surface area (Å²) in [5.41, 5.74) is 2.19. The van der Waals surface area contributed by atoms with E-state index in [0.29, 0.717) is 13.0 Å². The Bertz CT molecular complexity index is 672. The second kappa shape index (κ2) is 7.58. The van der Waals surface area contributed by atoms with Gasteiger partial charge in [-0.3, -0.25) is 4.79 Å². The minimum absolute atomic E-state index is 0.0494. The van der Waals surface area contributed by atoms with Crippen molar-refractivity contribution in [1.29, 1.82) is 0 Å². The number of benzene rings is 2. The van der Waals surface area contributed by atoms with Crippen LogP contribution in [0.5, 0.6) is 0 Å². The number of halogens is 1. The molecule has 3 rings (SSSR count). The first-order valence-electron chi connectivity index (χ1n) is 8.48. The van der Waals surface area contributed by atoms with Crippen molar-refractivity contribution in [2.75, 3.05) is 13.1 Å². The fourth-order valence-electron chi connectivity index (χ4n) is 3.21. The minimum Gasteiger partial charge on any atom is -0.341 e. The first-order chi connectivity index (χ1) is 11.6. The van der Waals surface area contributed by atoms with E-state index in [4.69, 9.17) is 0 Å². The van der Waals surface area contributed by atoms with Crippen molar-refractivity contribution in [3.63, 3.8) is 0 Å². The highest BCUT2D eigenvalue weighted by Gasteiger charge is 2.25. The van der Waals surface area contributed by atoms with Gasteiger partial charge in [0.15, 0.2) is 0 Å². The van der Waals surface area contributed by atoms with Gasteiger partial charge < -0.3 is 10.2 Å². The van der Waals surface area contributed by atoms with E-state index in [1.807, 2.05) is 23.1 Å². The SMILES string of the molecule is C[C@@H](N[C@@H](CN1CCCC1=O)c1ccccc1)c1ccc(F)cc1. The third-order valence-corrected chi connectivity index (χ3v) is 4.60. The molecule has 0 aromatic heterocycles. The van der Waals surface area contributed by atoms with Gasteiger partial charge in [0.05, 0.1) is 6.04 Å². The third-order valence-electron chi connectivity index (χ3n) is 4.60. The molecule has 0 spiro atoms. The zero-order chi connectivity index (χ0) is 16.9. The molecule has 0 aliphatic carbocycles. The molecule has 2 aromatic carbocycles. The van der Waals surface area contributed by atoms with Gasteiger partial charge in [-0.1, -0.05) is 42.5 Å². The molecule has 4 heteroatoms. The molecule has 1 fully saturated rings. The molecule has 0 radical (unpaired) electrons. The maximum atomic E-state index is 13.1. The molecule has 24 heavy (non-hydrogen) atoms. The highest BCUT2D eigenvalue weighted by Crippen LogP contribution is 2.23. The van der Waals surface area contributed by atoms with E-state index in [1.54, 1.807) is 12.1 Å². The molecule has 1 heterocycles. The van der Waals surface area contributed by atoms with E-state index in [-0.39, 0.29) is 23.8 Å². The minimum atomic E-state index is -0.228. The average molecular weight is 326 g/mol. The number of carbonyl (C=O) groups is 1. The number of rotatable bonds is 6. The Morgan fingerprint density at radius 2 is 1.79 bits per heavy atom. The molecule has 2 atom stereocenters. The van der Waals surface area contributed by atoms with Crippen molar-refractivity contribution in [3.8, 4) is 0 Å². The number of hydrogen-bond donors (Lipinski definition) is 1. The van der Waals surface area contributed by atoms with Crippen molar-refractivity contribution in [1.82, 2.24) is 10.2 Å². The summed E-state index contributed by atoms with van der Waals surface area (Å²) in [5.74, 6) is 0.000360. The summed E-state index contributed by atoms with van der Waals surface area (Å²) >= 11 is 0. The van der Waals surface area contributed by atoms with Crippen LogP contribution in [0.4, 0.5) is 4.39 Å². The van der Waals surface area contributed by atoms with Gasteiger partial charge in [-0.25, -0.2) is 4.39 Å². The second-order valence-corrected chi connectivity index (χ2v) is 6.35. The van der Waals surface area contributed by atoms with Crippen molar-refractivity contribution in [2.24, 2.45) is 0 Å². The fraction of sp³-hybridized carbons (Fsp3) is 0.350. The Balaban J connectivity index is 1.76. The average Bonchev–Trinajstić information content (AvgIpc) is 3.00. The summed E-state index contributed by atoms with van der Waals surface area (Å²) in [7, 11) is 0. The Labute approximate surface area is 142 Å². The Morgan fingerprint density at radius 3 is 2.42 bits per heavy atom. The first kappa shape index (κ1) is 16.7. The van der Waals surface area contributed by atoms with Crippen LogP contribution in [0.15, 0.2) is 54.6 Å². The summed E-state index contributed by atoms with van der Waals surface area (Å²) in [6.45, 7) is 3.55. The van der Waals surface area contributed by atoms with Crippen molar-refractivity contribution >= 4 is 5.91 Å². The molecule has 1 aliphatic rings. The predicted octanol–water partition coefficient (Wildman–Crippen LogP) is 3.84. The molecule has 1 saturated heterocycles. The standard InChI is InChI=1S/C20H23FN2O/c1-15(16-9-11-18(21)12-10-16)22-19(17-6-3-2-4-7-17)14-23-13-5-8-20(23)24/h2-4,6-7,9-12,15,19,22H,5,8,13-14H2,1H3/t15-,19+/m1/s1. The molecule has 1 N–H and O–H groups in total. The van der Waals surface area contributed by atoms with Gasteiger partial charge in [0.25, 0.3) is 0 Å². The normalized spacial score (nSPS) is 17.1. The molecule has 1 aliphatic heterocycles. The molecule has 0 unspecified atom stereocenters. The quantitative estimate of drug-likeness (QED) is 0.875. The zero-order valence-electron chi connectivity index (χ0n) is 13.9. The third kappa shape index (κ3) is 4.01. The van der Waals surface area contributed by atoms with E-state index in [0.717, 1.165) is 24.1 Å². The monoisotopic (exact) mass is 326 g/mol. The molecule has 0 bridgehead atoms. The molecule has 2 aromatic rings. The van der Waals surface area contributed by atoms with E-state index >= 15 is 0 Å². The summed E-state index contributed by atoms with van der Waals surface area (Å²) < 4.78 is 13.1. The first-order valence-corrected chi connectivity index (χ1v) is 8.48. The molecule has 126 valence electrons. The van der Waals surface area contributed by atoms with Gasteiger partial charge >= 0.3 is 0 Å². The smallest absolute Gasteiger partial charge is 0.222 e. The molecule has 1 amide bonds. The van der Waals surface area contributed by atoms with Gasteiger partial charge in [0, 0.05) is 25.6 Å². The van der Waals surface area contributed by atoms with Gasteiger partial charge in [-0.05, 0) is 36.6 Å². The van der Waals surface area contributed by atoms with E-state index in [1.165, 1.54) is 12.1 Å². The van der Waals surface area contributed by atoms with Crippen LogP contribution in [0.25, 0.3) is 0 Å². The van der Waals surface area contributed by atoms with Crippen LogP contribution in [0.3, 0.4) is 0 Å². The Morgan fingerprint density at radius 1 is 1.08 bits per heavy atom. The van der Waals surface area contributed by atoms with Crippen LogP contribution in [0.2, 0.25) is 0 Å². The Hall–Kier alpha value is -2.20. The highest BCUT2D eigenvalue weighted by molar-refractivity contribution is 5.78. The number of amides is 1. The lowest BCUT2D eigenvalue weighted by molar-refractivity contribution is -0.128. The number of nitrogens with one attached hydrogen (secondary N) is 1. The highest BCUT2D eigenvalue weighted by atomic mass is 19.1. The molecule has 0 saturated carbocycles. The summed E-state index contributed by atoms with van der Waals surface area (Å²) in [4.78, 5) is 13.9. The number of likely N-dealkylation sites (tertiary alicyclic amines) is 1. The van der Waals surface area contributed by atoms with Crippen molar-refractivity contribution in [3.05, 3.63) is 71.5 Å². The van der Waals surface area contributed by atoms with Crippen LogP contribution in [0, 0.1) is 5.82 Å². The van der Waals surface area contributed by atoms with Crippen molar-refractivity contribution in [2.45, 2.75) is 31.8 Å². The zero-order valence-corrected chi connectivity index (χ0v) is 13.9. The lowest BCUT2D eigenvalue weighted by Gasteiger charge is -2.28. The summed E-state index contributed by atoms with van der Waals surface area (Å²) in [5, 5.41) is 3.60. The van der Waals surface area contributed by atoms with Gasteiger partial charge in [0.1, 0.15) is 5.82 Å². The maximum Gasteiger partial charge on any atom is 0.222 e. The van der Waals surface area contributed by atoms with E-state index in [2.05, 4.69) is 24.4 Å². The van der Waals surface area contributed by atoms with E-state index < -0.39 is 0 Å². The number of hydrogen-bond acceptors (Lipinski definition) is 2. The number of nitrogens with zero attached hydrogens (tertiary/aromatic N) is 1. The van der Waals surface area contributed by atoms with Crippen LogP contribution in [-0.2, 0) is 4.79 Å². The lowest BCUT2D eigenvalue weighted by atomic mass is 10.0. The van der Waals surface area contributed by atoms with Gasteiger partial charge in [-0.2, -0.15) is 0 Å². The maximum absolute atomic E-state index is 13.1. The fourth-order valence-corrected chi connectivity index (χ4v) is 3.21. The molecular formula is C20H23FN2O. The van der Waals surface area contributed by atoms with E-state index in [9.17, 15) is 9.18 Å².